The van der Waals surface area contributed by atoms with Crippen molar-refractivity contribution < 1.29 is 21.6 Å². The molecule has 0 radical (unpaired) electrons. The molecule has 0 atom stereocenters. The highest BCUT2D eigenvalue weighted by atomic mass is 32.2. The van der Waals surface area contributed by atoms with Crippen LogP contribution in [0.4, 0.5) is 18.9 Å². The quantitative estimate of drug-likeness (QED) is 0.787. The first-order valence-electron chi connectivity index (χ1n) is 8.51. The largest absolute Gasteiger partial charge is 0.418 e. The van der Waals surface area contributed by atoms with Crippen molar-refractivity contribution in [1.29, 1.82) is 0 Å². The van der Waals surface area contributed by atoms with Gasteiger partial charge in [0, 0.05) is 18.3 Å². The van der Waals surface area contributed by atoms with Gasteiger partial charge in [0.25, 0.3) is 0 Å². The molecular formula is C17H25F3N2O2S. The highest BCUT2D eigenvalue weighted by Gasteiger charge is 2.33. The van der Waals surface area contributed by atoms with Crippen LogP contribution in [0.1, 0.15) is 45.1 Å². The second kappa shape index (κ2) is 7.95. The van der Waals surface area contributed by atoms with Crippen molar-refractivity contribution in [2.45, 2.75) is 57.0 Å². The number of anilines is 1. The van der Waals surface area contributed by atoms with Gasteiger partial charge in [-0.2, -0.15) is 13.2 Å². The van der Waals surface area contributed by atoms with E-state index in [0.29, 0.717) is 19.4 Å². The molecule has 0 aliphatic heterocycles. The predicted molar refractivity (Wildman–Crippen MR) is 92.9 cm³/mol. The van der Waals surface area contributed by atoms with Crippen LogP contribution in [0, 0.1) is 5.92 Å². The maximum absolute atomic E-state index is 13.0. The van der Waals surface area contributed by atoms with E-state index >= 15 is 0 Å². The Morgan fingerprint density at radius 3 is 2.28 bits per heavy atom. The van der Waals surface area contributed by atoms with E-state index in [0.717, 1.165) is 18.9 Å². The third-order valence-corrected chi connectivity index (χ3v) is 6.52. The van der Waals surface area contributed by atoms with Gasteiger partial charge < -0.3 is 5.32 Å². The Labute approximate surface area is 147 Å². The van der Waals surface area contributed by atoms with Crippen LogP contribution >= 0.6 is 0 Å². The van der Waals surface area contributed by atoms with E-state index in [9.17, 15) is 21.6 Å². The fraction of sp³-hybridized carbons (Fsp3) is 0.647. The molecule has 0 bridgehead atoms. The van der Waals surface area contributed by atoms with Gasteiger partial charge >= 0.3 is 6.18 Å². The first kappa shape index (κ1) is 20.0. The molecule has 0 spiro atoms. The van der Waals surface area contributed by atoms with Crippen molar-refractivity contribution in [2.24, 2.45) is 5.92 Å². The molecular weight excluding hydrogens is 353 g/mol. The van der Waals surface area contributed by atoms with E-state index in [4.69, 9.17) is 0 Å². The minimum atomic E-state index is -4.38. The molecule has 1 aromatic carbocycles. The summed E-state index contributed by atoms with van der Waals surface area (Å²) in [5.74, 6) is 0.237. The summed E-state index contributed by atoms with van der Waals surface area (Å²) in [6.45, 7) is 3.72. The Morgan fingerprint density at radius 1 is 1.12 bits per heavy atom. The van der Waals surface area contributed by atoms with Gasteiger partial charge in [-0.05, 0) is 57.6 Å². The molecule has 1 aromatic rings. The molecule has 0 amide bonds. The molecule has 8 heteroatoms. The lowest BCUT2D eigenvalue weighted by Crippen LogP contribution is -2.41. The van der Waals surface area contributed by atoms with Crippen molar-refractivity contribution in [3.8, 4) is 0 Å². The zero-order valence-electron chi connectivity index (χ0n) is 14.4. The second-order valence-corrected chi connectivity index (χ2v) is 9.12. The zero-order chi connectivity index (χ0) is 18.7. The average molecular weight is 378 g/mol. The molecule has 0 unspecified atom stereocenters. The van der Waals surface area contributed by atoms with Crippen LogP contribution in [-0.4, -0.2) is 26.3 Å². The fourth-order valence-electron chi connectivity index (χ4n) is 2.99. The first-order chi connectivity index (χ1) is 11.6. The Kier molecular flexibility index (Phi) is 6.37. The molecule has 0 heterocycles. The maximum atomic E-state index is 13.0. The molecule has 0 saturated heterocycles. The summed E-state index contributed by atoms with van der Waals surface area (Å²) in [6.07, 6.45) is -1.40. The van der Waals surface area contributed by atoms with Gasteiger partial charge in [0.15, 0.2) is 0 Å². The summed E-state index contributed by atoms with van der Waals surface area (Å²) in [5.41, 5.74) is -0.564. The zero-order valence-corrected chi connectivity index (χ0v) is 15.3. The Bertz CT molecular complexity index is 667. The van der Waals surface area contributed by atoms with E-state index < -0.39 is 27.0 Å². The molecule has 1 aliphatic carbocycles. The van der Waals surface area contributed by atoms with E-state index in [1.165, 1.54) is 12.1 Å². The van der Waals surface area contributed by atoms with Gasteiger partial charge in [-0.25, -0.2) is 13.1 Å². The van der Waals surface area contributed by atoms with Gasteiger partial charge in [0.05, 0.1) is 10.8 Å². The fourth-order valence-corrected chi connectivity index (χ4v) is 3.96. The number of alkyl halides is 3. The summed E-state index contributed by atoms with van der Waals surface area (Å²) in [6, 6.07) is 5.38. The molecule has 142 valence electrons. The molecule has 4 nitrogen and oxygen atoms in total. The van der Waals surface area contributed by atoms with Crippen LogP contribution in [0.3, 0.4) is 0 Å². The van der Waals surface area contributed by atoms with Gasteiger partial charge in [0.2, 0.25) is 10.0 Å². The number of sulfonamides is 1. The van der Waals surface area contributed by atoms with Crippen molar-refractivity contribution in [2.75, 3.05) is 11.9 Å². The van der Waals surface area contributed by atoms with Crippen LogP contribution < -0.4 is 10.0 Å². The third-order valence-electron chi connectivity index (χ3n) is 4.61. The van der Waals surface area contributed by atoms with Crippen LogP contribution in [-0.2, 0) is 16.2 Å². The number of rotatable bonds is 6. The number of hydrogen-bond donors (Lipinski definition) is 2. The van der Waals surface area contributed by atoms with E-state index in [1.807, 2.05) is 0 Å². The van der Waals surface area contributed by atoms with Crippen LogP contribution in [0.15, 0.2) is 24.3 Å². The molecule has 1 aliphatic rings. The van der Waals surface area contributed by atoms with Crippen LogP contribution in [0.5, 0.6) is 0 Å². The average Bonchev–Trinajstić information content (AvgIpc) is 2.53. The third kappa shape index (κ3) is 5.60. The minimum absolute atomic E-state index is 0.0777. The van der Waals surface area contributed by atoms with Crippen molar-refractivity contribution >= 4 is 15.7 Å². The number of halogens is 3. The number of benzene rings is 1. The Hall–Kier alpha value is -1.28. The highest BCUT2D eigenvalue weighted by molar-refractivity contribution is 7.90. The van der Waals surface area contributed by atoms with E-state index in [1.54, 1.807) is 19.9 Å². The predicted octanol–water partition coefficient (Wildman–Crippen LogP) is 4.00. The summed E-state index contributed by atoms with van der Waals surface area (Å²) < 4.78 is 65.5. The van der Waals surface area contributed by atoms with Crippen molar-refractivity contribution in [3.05, 3.63) is 29.8 Å². The Balaban J connectivity index is 1.86. The van der Waals surface area contributed by atoms with Crippen LogP contribution in [0.25, 0.3) is 0 Å². The number of hydrogen-bond acceptors (Lipinski definition) is 3. The van der Waals surface area contributed by atoms with Crippen molar-refractivity contribution in [1.82, 2.24) is 4.72 Å². The topological polar surface area (TPSA) is 58.2 Å². The molecule has 2 N–H and O–H groups in total. The number of nitrogens with one attached hydrogen (secondary N) is 2. The molecule has 2 rings (SSSR count). The lowest BCUT2D eigenvalue weighted by atomic mass is 9.86. The van der Waals surface area contributed by atoms with E-state index in [-0.39, 0.29) is 17.6 Å². The molecule has 1 fully saturated rings. The lowest BCUT2D eigenvalue weighted by Gasteiger charge is -2.30. The van der Waals surface area contributed by atoms with E-state index in [2.05, 4.69) is 10.0 Å². The normalized spacial score (nSPS) is 22.2. The standard InChI is InChI=1S/C17H25F3N2O2S/c1-12(2)25(23,24)22-14-9-7-13(8-10-14)11-21-16-6-4-3-5-15(16)17(18,19)20/h3-6,12-14,21-22H,7-11H2,1-2H3. The first-order valence-corrected chi connectivity index (χ1v) is 10.1. The molecule has 25 heavy (non-hydrogen) atoms. The number of para-hydroxylation sites is 1. The van der Waals surface area contributed by atoms with Crippen LogP contribution in [0.2, 0.25) is 0 Å². The molecule has 1 saturated carbocycles. The molecule has 0 aromatic heterocycles. The van der Waals surface area contributed by atoms with Gasteiger partial charge in [0.1, 0.15) is 0 Å². The van der Waals surface area contributed by atoms with Crippen molar-refractivity contribution in [3.63, 3.8) is 0 Å². The maximum Gasteiger partial charge on any atom is 0.418 e. The monoisotopic (exact) mass is 378 g/mol. The summed E-state index contributed by atoms with van der Waals surface area (Å²) in [4.78, 5) is 0. The SMILES string of the molecule is CC(C)S(=O)(=O)NC1CCC(CNc2ccccc2C(F)(F)F)CC1. The van der Waals surface area contributed by atoms with Gasteiger partial charge in [-0.1, -0.05) is 12.1 Å². The lowest BCUT2D eigenvalue weighted by molar-refractivity contribution is -0.137. The Morgan fingerprint density at radius 2 is 1.72 bits per heavy atom. The second-order valence-electron chi connectivity index (χ2n) is 6.85. The summed E-state index contributed by atoms with van der Waals surface area (Å²) in [7, 11) is -3.28. The van der Waals surface area contributed by atoms with Gasteiger partial charge in [-0.15, -0.1) is 0 Å². The minimum Gasteiger partial charge on any atom is -0.384 e. The highest BCUT2D eigenvalue weighted by Crippen LogP contribution is 2.35. The summed E-state index contributed by atoms with van der Waals surface area (Å²) >= 11 is 0. The van der Waals surface area contributed by atoms with Gasteiger partial charge in [-0.3, -0.25) is 0 Å². The summed E-state index contributed by atoms with van der Waals surface area (Å²) in [5, 5.41) is 2.45. The smallest absolute Gasteiger partial charge is 0.384 e.